The van der Waals surface area contributed by atoms with Gasteiger partial charge in [0.25, 0.3) is 0 Å². The molecule has 4 heteroatoms. The van der Waals surface area contributed by atoms with E-state index in [9.17, 15) is 4.79 Å². The molecule has 2 N–H and O–H groups in total. The second-order valence-corrected chi connectivity index (χ2v) is 4.40. The summed E-state index contributed by atoms with van der Waals surface area (Å²) in [5.41, 5.74) is 6.07. The summed E-state index contributed by atoms with van der Waals surface area (Å²) in [6, 6.07) is 7.42. The molecule has 100 valence electrons. The van der Waals surface area contributed by atoms with Crippen LogP contribution < -0.4 is 15.4 Å². The maximum absolute atomic E-state index is 12.4. The summed E-state index contributed by atoms with van der Waals surface area (Å²) < 4.78 is 5.26. The molecule has 1 aromatic carbocycles. The van der Waals surface area contributed by atoms with Crippen LogP contribution in [0.25, 0.3) is 0 Å². The number of benzene rings is 1. The highest BCUT2D eigenvalue weighted by Gasteiger charge is 2.33. The molecule has 0 fully saturated rings. The fraction of sp³-hybridized carbons (Fsp3) is 0.500. The van der Waals surface area contributed by atoms with Gasteiger partial charge in [-0.2, -0.15) is 0 Å². The van der Waals surface area contributed by atoms with Crippen LogP contribution in [0.5, 0.6) is 5.75 Å². The predicted molar refractivity (Wildman–Crippen MR) is 73.9 cm³/mol. The number of hydrogen-bond acceptors (Lipinski definition) is 3. The molecule has 0 spiro atoms. The Bertz CT molecular complexity index is 414. The van der Waals surface area contributed by atoms with E-state index in [1.54, 1.807) is 19.1 Å². The minimum atomic E-state index is -0.810. The minimum Gasteiger partial charge on any atom is -0.495 e. The third-order valence-corrected chi connectivity index (χ3v) is 3.44. The van der Waals surface area contributed by atoms with Gasteiger partial charge in [0.2, 0.25) is 5.91 Å². The molecule has 1 amide bonds. The van der Waals surface area contributed by atoms with Crippen LogP contribution in [0.2, 0.25) is 0 Å². The van der Waals surface area contributed by atoms with Crippen molar-refractivity contribution in [3.63, 3.8) is 0 Å². The summed E-state index contributed by atoms with van der Waals surface area (Å²) in [5.74, 6) is 0.583. The highest BCUT2D eigenvalue weighted by molar-refractivity contribution is 6.00. The summed E-state index contributed by atoms with van der Waals surface area (Å²) in [4.78, 5) is 14.0. The van der Waals surface area contributed by atoms with Crippen LogP contribution in [0.1, 0.15) is 26.7 Å². The molecule has 0 radical (unpaired) electrons. The molecule has 1 rings (SSSR count). The molecule has 0 aliphatic carbocycles. The van der Waals surface area contributed by atoms with Gasteiger partial charge in [0, 0.05) is 7.05 Å². The molecule has 4 nitrogen and oxygen atoms in total. The van der Waals surface area contributed by atoms with E-state index in [-0.39, 0.29) is 5.91 Å². The lowest BCUT2D eigenvalue weighted by atomic mass is 9.92. The van der Waals surface area contributed by atoms with Gasteiger partial charge >= 0.3 is 0 Å². The number of amides is 1. The first-order chi connectivity index (χ1) is 8.50. The standard InChI is InChI=1S/C14H22N2O2/c1-5-14(15,6-2)13(17)16(3)11-9-7-8-10-12(11)18-4/h7-10H,5-6,15H2,1-4H3. The van der Waals surface area contributed by atoms with Crippen LogP contribution in [0.3, 0.4) is 0 Å². The van der Waals surface area contributed by atoms with E-state index in [1.807, 2.05) is 38.1 Å². The maximum Gasteiger partial charge on any atom is 0.246 e. The number of ether oxygens (including phenoxy) is 1. The van der Waals surface area contributed by atoms with E-state index in [0.29, 0.717) is 18.6 Å². The molecule has 0 atom stereocenters. The molecular weight excluding hydrogens is 228 g/mol. The Labute approximate surface area is 109 Å². The van der Waals surface area contributed by atoms with Crippen molar-refractivity contribution in [1.82, 2.24) is 0 Å². The third-order valence-electron chi connectivity index (χ3n) is 3.44. The van der Waals surface area contributed by atoms with Gasteiger partial charge in [0.15, 0.2) is 0 Å². The lowest BCUT2D eigenvalue weighted by Gasteiger charge is -2.31. The number of nitrogens with two attached hydrogens (primary N) is 1. The first-order valence-electron chi connectivity index (χ1n) is 6.20. The van der Waals surface area contributed by atoms with E-state index in [0.717, 1.165) is 5.69 Å². The number of rotatable bonds is 5. The molecule has 0 aliphatic heterocycles. The summed E-state index contributed by atoms with van der Waals surface area (Å²) >= 11 is 0. The number of carbonyl (C=O) groups is 1. The molecule has 0 aromatic heterocycles. The number of methoxy groups -OCH3 is 1. The van der Waals surface area contributed by atoms with Gasteiger partial charge in [-0.05, 0) is 25.0 Å². The average molecular weight is 250 g/mol. The zero-order valence-electron chi connectivity index (χ0n) is 11.6. The lowest BCUT2D eigenvalue weighted by molar-refractivity contribution is -0.123. The molecule has 18 heavy (non-hydrogen) atoms. The predicted octanol–water partition coefficient (Wildman–Crippen LogP) is 2.18. The lowest BCUT2D eigenvalue weighted by Crippen LogP contribution is -2.53. The van der Waals surface area contributed by atoms with Crippen LogP contribution >= 0.6 is 0 Å². The van der Waals surface area contributed by atoms with Crippen molar-refractivity contribution in [3.8, 4) is 5.75 Å². The van der Waals surface area contributed by atoms with E-state index in [4.69, 9.17) is 10.5 Å². The quantitative estimate of drug-likeness (QED) is 0.871. The van der Waals surface area contributed by atoms with E-state index < -0.39 is 5.54 Å². The van der Waals surface area contributed by atoms with E-state index in [1.165, 1.54) is 0 Å². The maximum atomic E-state index is 12.4. The second-order valence-electron chi connectivity index (χ2n) is 4.40. The van der Waals surface area contributed by atoms with Gasteiger partial charge in [-0.25, -0.2) is 0 Å². The Morgan fingerprint density at radius 3 is 2.39 bits per heavy atom. The highest BCUT2D eigenvalue weighted by Crippen LogP contribution is 2.29. The van der Waals surface area contributed by atoms with Gasteiger partial charge in [-0.15, -0.1) is 0 Å². The second kappa shape index (κ2) is 5.87. The Hall–Kier alpha value is -1.55. The SMILES string of the molecule is CCC(N)(CC)C(=O)N(C)c1ccccc1OC. The minimum absolute atomic E-state index is 0.0861. The molecule has 0 saturated carbocycles. The molecule has 0 heterocycles. The summed E-state index contributed by atoms with van der Waals surface area (Å²) in [6.07, 6.45) is 1.23. The summed E-state index contributed by atoms with van der Waals surface area (Å²) in [6.45, 7) is 3.86. The van der Waals surface area contributed by atoms with Gasteiger partial charge in [-0.1, -0.05) is 26.0 Å². The number of carbonyl (C=O) groups excluding carboxylic acids is 1. The molecule has 1 aromatic rings. The zero-order valence-corrected chi connectivity index (χ0v) is 11.6. The molecule has 0 aliphatic rings. The van der Waals surface area contributed by atoms with Crippen LogP contribution in [-0.2, 0) is 4.79 Å². The first kappa shape index (κ1) is 14.5. The fourth-order valence-corrected chi connectivity index (χ4v) is 1.90. The Morgan fingerprint density at radius 2 is 1.89 bits per heavy atom. The monoisotopic (exact) mass is 250 g/mol. The van der Waals surface area contributed by atoms with Crippen molar-refractivity contribution in [3.05, 3.63) is 24.3 Å². The largest absolute Gasteiger partial charge is 0.495 e. The summed E-state index contributed by atoms with van der Waals surface area (Å²) in [7, 11) is 3.32. The van der Waals surface area contributed by atoms with E-state index in [2.05, 4.69) is 0 Å². The van der Waals surface area contributed by atoms with Crippen molar-refractivity contribution in [1.29, 1.82) is 0 Å². The number of nitrogens with zero attached hydrogens (tertiary/aromatic N) is 1. The van der Waals surface area contributed by atoms with Gasteiger partial charge in [-0.3, -0.25) is 4.79 Å². The highest BCUT2D eigenvalue weighted by atomic mass is 16.5. The van der Waals surface area contributed by atoms with E-state index >= 15 is 0 Å². The Balaban J connectivity index is 3.07. The smallest absolute Gasteiger partial charge is 0.246 e. The number of anilines is 1. The Morgan fingerprint density at radius 1 is 1.33 bits per heavy atom. The van der Waals surface area contributed by atoms with Gasteiger partial charge in [0.05, 0.1) is 18.3 Å². The van der Waals surface area contributed by atoms with Gasteiger partial charge in [0.1, 0.15) is 5.75 Å². The topological polar surface area (TPSA) is 55.6 Å². The number of hydrogen-bond donors (Lipinski definition) is 1. The van der Waals surface area contributed by atoms with Crippen LogP contribution in [-0.4, -0.2) is 25.6 Å². The van der Waals surface area contributed by atoms with Crippen molar-refractivity contribution in [2.45, 2.75) is 32.2 Å². The molecule has 0 saturated heterocycles. The molecule has 0 unspecified atom stereocenters. The number of likely N-dealkylation sites (N-methyl/N-ethyl adjacent to an activating group) is 1. The third kappa shape index (κ3) is 2.64. The van der Waals surface area contributed by atoms with Crippen LogP contribution in [0.4, 0.5) is 5.69 Å². The van der Waals surface area contributed by atoms with Crippen molar-refractivity contribution >= 4 is 11.6 Å². The first-order valence-corrected chi connectivity index (χ1v) is 6.20. The number of para-hydroxylation sites is 2. The molecular formula is C14H22N2O2. The average Bonchev–Trinajstić information content (AvgIpc) is 2.44. The van der Waals surface area contributed by atoms with Crippen molar-refractivity contribution < 1.29 is 9.53 Å². The van der Waals surface area contributed by atoms with Crippen molar-refractivity contribution in [2.24, 2.45) is 5.73 Å². The van der Waals surface area contributed by atoms with Crippen LogP contribution in [0, 0.1) is 0 Å². The Kier molecular flexibility index (Phi) is 4.73. The zero-order chi connectivity index (χ0) is 13.8. The molecule has 0 bridgehead atoms. The normalized spacial score (nSPS) is 11.2. The summed E-state index contributed by atoms with van der Waals surface area (Å²) in [5, 5.41) is 0. The fourth-order valence-electron chi connectivity index (χ4n) is 1.90. The van der Waals surface area contributed by atoms with Crippen molar-refractivity contribution in [2.75, 3.05) is 19.1 Å². The van der Waals surface area contributed by atoms with Gasteiger partial charge < -0.3 is 15.4 Å². The van der Waals surface area contributed by atoms with Crippen LogP contribution in [0.15, 0.2) is 24.3 Å².